The Morgan fingerprint density at radius 2 is 1.88 bits per heavy atom. The summed E-state index contributed by atoms with van der Waals surface area (Å²) in [5.74, 6) is 0.915. The van der Waals surface area contributed by atoms with Crippen LogP contribution < -0.4 is 10.6 Å². The first-order valence-corrected chi connectivity index (χ1v) is 6.74. The van der Waals surface area contributed by atoms with E-state index in [9.17, 15) is 0 Å². The van der Waals surface area contributed by atoms with Crippen LogP contribution in [0.2, 0.25) is 0 Å². The van der Waals surface area contributed by atoms with Gasteiger partial charge in [-0.2, -0.15) is 0 Å². The van der Waals surface area contributed by atoms with Crippen molar-refractivity contribution in [3.05, 3.63) is 18.3 Å². The summed E-state index contributed by atoms with van der Waals surface area (Å²) in [5.41, 5.74) is 1.15. The molecule has 0 atom stereocenters. The van der Waals surface area contributed by atoms with Crippen molar-refractivity contribution in [1.29, 1.82) is 0 Å². The van der Waals surface area contributed by atoms with Crippen molar-refractivity contribution < 1.29 is 0 Å². The number of anilines is 2. The summed E-state index contributed by atoms with van der Waals surface area (Å²) in [6.07, 6.45) is 9.86. The Labute approximate surface area is 105 Å². The van der Waals surface area contributed by atoms with Crippen molar-refractivity contribution in [3.63, 3.8) is 0 Å². The average molecular weight is 235 g/mol. The van der Waals surface area contributed by atoms with Crippen LogP contribution in [0.15, 0.2) is 18.3 Å². The van der Waals surface area contributed by atoms with E-state index >= 15 is 0 Å². The maximum absolute atomic E-state index is 4.18. The zero-order chi connectivity index (χ0) is 12.3. The second-order valence-electron chi connectivity index (χ2n) is 4.37. The molecule has 0 unspecified atom stereocenters. The van der Waals surface area contributed by atoms with Gasteiger partial charge in [0.15, 0.2) is 0 Å². The first-order chi connectivity index (χ1) is 8.36. The van der Waals surface area contributed by atoms with Crippen LogP contribution in [0.5, 0.6) is 0 Å². The second kappa shape index (κ2) is 8.85. The highest BCUT2D eigenvalue weighted by Crippen LogP contribution is 2.11. The highest BCUT2D eigenvalue weighted by atomic mass is 15.0. The molecule has 1 aromatic rings. The maximum Gasteiger partial charge on any atom is 0.127 e. The molecule has 3 nitrogen and oxygen atoms in total. The van der Waals surface area contributed by atoms with Gasteiger partial charge >= 0.3 is 0 Å². The topological polar surface area (TPSA) is 37.0 Å². The molecular weight excluding hydrogens is 210 g/mol. The average Bonchev–Trinajstić information content (AvgIpc) is 2.38. The lowest BCUT2D eigenvalue weighted by Gasteiger charge is -2.07. The van der Waals surface area contributed by atoms with Crippen molar-refractivity contribution in [3.8, 4) is 0 Å². The van der Waals surface area contributed by atoms with Crippen molar-refractivity contribution in [2.75, 3.05) is 24.2 Å². The third kappa shape index (κ3) is 6.15. The van der Waals surface area contributed by atoms with Crippen LogP contribution >= 0.6 is 0 Å². The lowest BCUT2D eigenvalue weighted by molar-refractivity contribution is 0.617. The number of aromatic nitrogens is 1. The number of nitrogens with one attached hydrogen (secondary N) is 2. The van der Waals surface area contributed by atoms with Crippen LogP contribution in [-0.4, -0.2) is 18.6 Å². The molecule has 1 aromatic heterocycles. The number of nitrogens with zero attached hydrogens (tertiary/aromatic N) is 1. The molecule has 0 bridgehead atoms. The molecule has 0 radical (unpaired) electrons. The van der Waals surface area contributed by atoms with E-state index in [1.165, 1.54) is 38.5 Å². The summed E-state index contributed by atoms with van der Waals surface area (Å²) in [7, 11) is 1.89. The van der Waals surface area contributed by atoms with Crippen LogP contribution in [-0.2, 0) is 0 Å². The molecule has 0 saturated heterocycles. The van der Waals surface area contributed by atoms with Gasteiger partial charge in [-0.15, -0.1) is 0 Å². The first-order valence-electron chi connectivity index (χ1n) is 6.74. The molecule has 0 aromatic carbocycles. The molecule has 96 valence electrons. The van der Waals surface area contributed by atoms with Gasteiger partial charge in [0.05, 0.1) is 0 Å². The molecule has 0 aliphatic carbocycles. The Balaban J connectivity index is 2.09. The van der Waals surface area contributed by atoms with Gasteiger partial charge in [0.2, 0.25) is 0 Å². The van der Waals surface area contributed by atoms with E-state index in [2.05, 4.69) is 22.5 Å². The quantitative estimate of drug-likeness (QED) is 0.637. The molecule has 1 heterocycles. The number of pyridine rings is 1. The van der Waals surface area contributed by atoms with Gasteiger partial charge in [-0.3, -0.25) is 0 Å². The molecule has 3 heteroatoms. The Morgan fingerprint density at radius 1 is 1.12 bits per heavy atom. The fourth-order valence-corrected chi connectivity index (χ4v) is 1.82. The summed E-state index contributed by atoms with van der Waals surface area (Å²) in [6.45, 7) is 3.31. The Morgan fingerprint density at radius 3 is 2.65 bits per heavy atom. The van der Waals surface area contributed by atoms with Crippen LogP contribution in [0, 0.1) is 0 Å². The van der Waals surface area contributed by atoms with E-state index in [-0.39, 0.29) is 0 Å². The molecule has 17 heavy (non-hydrogen) atoms. The van der Waals surface area contributed by atoms with E-state index in [1.54, 1.807) is 0 Å². The number of rotatable bonds is 9. The monoisotopic (exact) mass is 235 g/mol. The molecular formula is C14H25N3. The predicted molar refractivity (Wildman–Crippen MR) is 75.6 cm³/mol. The molecule has 1 rings (SSSR count). The predicted octanol–water partition coefficient (Wildman–Crippen LogP) is 3.90. The lowest BCUT2D eigenvalue weighted by Crippen LogP contribution is -2.02. The fraction of sp³-hybridized carbons (Fsp3) is 0.643. The van der Waals surface area contributed by atoms with Gasteiger partial charge in [-0.25, -0.2) is 4.98 Å². The molecule has 2 N–H and O–H groups in total. The van der Waals surface area contributed by atoms with Gasteiger partial charge in [-0.1, -0.05) is 39.0 Å². The highest BCUT2D eigenvalue weighted by molar-refractivity contribution is 5.51. The molecule has 0 saturated carbocycles. The largest absolute Gasteiger partial charge is 0.385 e. The maximum atomic E-state index is 4.18. The van der Waals surface area contributed by atoms with Crippen LogP contribution in [0.25, 0.3) is 0 Å². The summed E-state index contributed by atoms with van der Waals surface area (Å²) in [6, 6.07) is 4.05. The zero-order valence-corrected chi connectivity index (χ0v) is 11.1. The standard InChI is InChI=1S/C14H25N3/c1-3-4-5-6-7-8-10-16-13-9-11-17-14(12-13)15-2/h9,11-12H,3-8,10H2,1-2H3,(H2,15,16,17). The van der Waals surface area contributed by atoms with Gasteiger partial charge in [-0.05, 0) is 12.5 Å². The van der Waals surface area contributed by atoms with E-state index < -0.39 is 0 Å². The first kappa shape index (κ1) is 13.8. The second-order valence-corrected chi connectivity index (χ2v) is 4.37. The van der Waals surface area contributed by atoms with Crippen molar-refractivity contribution >= 4 is 11.5 Å². The molecule has 0 aliphatic rings. The molecule has 0 amide bonds. The van der Waals surface area contributed by atoms with Gasteiger partial charge in [0, 0.05) is 31.5 Å². The number of hydrogen-bond acceptors (Lipinski definition) is 3. The Bertz CT molecular complexity index is 299. The Hall–Kier alpha value is -1.25. The third-order valence-corrected chi connectivity index (χ3v) is 2.88. The van der Waals surface area contributed by atoms with Crippen molar-refractivity contribution in [1.82, 2.24) is 4.98 Å². The summed E-state index contributed by atoms with van der Waals surface area (Å²) in [5, 5.41) is 6.47. The molecule has 0 aliphatic heterocycles. The van der Waals surface area contributed by atoms with Gasteiger partial charge in [0.25, 0.3) is 0 Å². The molecule has 0 fully saturated rings. The summed E-state index contributed by atoms with van der Waals surface area (Å²) in [4.78, 5) is 4.18. The Kier molecular flexibility index (Phi) is 7.19. The smallest absolute Gasteiger partial charge is 0.127 e. The van der Waals surface area contributed by atoms with E-state index in [1.807, 2.05) is 25.4 Å². The third-order valence-electron chi connectivity index (χ3n) is 2.88. The lowest BCUT2D eigenvalue weighted by atomic mass is 10.1. The highest BCUT2D eigenvalue weighted by Gasteiger charge is 1.94. The number of hydrogen-bond donors (Lipinski definition) is 2. The minimum atomic E-state index is 0.915. The normalized spacial score (nSPS) is 10.2. The van der Waals surface area contributed by atoms with Gasteiger partial charge < -0.3 is 10.6 Å². The van der Waals surface area contributed by atoms with E-state index in [0.717, 1.165) is 18.1 Å². The van der Waals surface area contributed by atoms with Crippen LogP contribution in [0.1, 0.15) is 45.4 Å². The minimum absolute atomic E-state index is 0.915. The zero-order valence-electron chi connectivity index (χ0n) is 11.1. The van der Waals surface area contributed by atoms with E-state index in [4.69, 9.17) is 0 Å². The number of unbranched alkanes of at least 4 members (excludes halogenated alkanes) is 5. The van der Waals surface area contributed by atoms with Crippen molar-refractivity contribution in [2.24, 2.45) is 0 Å². The SMILES string of the molecule is CCCCCCCCNc1ccnc(NC)c1. The molecule has 0 spiro atoms. The van der Waals surface area contributed by atoms with E-state index in [0.29, 0.717) is 0 Å². The van der Waals surface area contributed by atoms with Gasteiger partial charge in [0.1, 0.15) is 5.82 Å². The van der Waals surface area contributed by atoms with Crippen LogP contribution in [0.3, 0.4) is 0 Å². The summed E-state index contributed by atoms with van der Waals surface area (Å²) >= 11 is 0. The van der Waals surface area contributed by atoms with Crippen molar-refractivity contribution in [2.45, 2.75) is 45.4 Å². The minimum Gasteiger partial charge on any atom is -0.385 e. The van der Waals surface area contributed by atoms with Crippen LogP contribution in [0.4, 0.5) is 11.5 Å². The summed E-state index contributed by atoms with van der Waals surface area (Å²) < 4.78 is 0. The fourth-order valence-electron chi connectivity index (χ4n) is 1.82.